The van der Waals surface area contributed by atoms with Crippen LogP contribution in [-0.2, 0) is 0 Å². The van der Waals surface area contributed by atoms with Crippen LogP contribution in [0.4, 0.5) is 5.69 Å². The van der Waals surface area contributed by atoms with Crippen molar-refractivity contribution >= 4 is 25.1 Å². The summed E-state index contributed by atoms with van der Waals surface area (Å²) in [6.45, 7) is 6.75. The van der Waals surface area contributed by atoms with Gasteiger partial charge in [0.25, 0.3) is 0 Å². The van der Waals surface area contributed by atoms with Crippen LogP contribution < -0.4 is 14.7 Å². The number of anilines is 1. The second kappa shape index (κ2) is 7.77. The van der Waals surface area contributed by atoms with E-state index in [0.717, 1.165) is 26.2 Å². The fourth-order valence-electron chi connectivity index (χ4n) is 2.10. The van der Waals surface area contributed by atoms with Crippen LogP contribution in [0.1, 0.15) is 26.2 Å². The van der Waals surface area contributed by atoms with Crippen LogP contribution >= 0.6 is 0 Å². The van der Waals surface area contributed by atoms with Gasteiger partial charge in [-0.2, -0.15) is 0 Å². The monoisotopic (exact) mass is 313 g/mol. The first-order valence-corrected chi connectivity index (χ1v) is 9.00. The molecule has 1 saturated heterocycles. The minimum absolute atomic E-state index is 0.600. The van der Waals surface area contributed by atoms with Gasteiger partial charge in [0.15, 0.2) is 0 Å². The third kappa shape index (κ3) is 4.27. The first-order valence-electron chi connectivity index (χ1n) is 6.93. The standard InChI is InChI=1S/C14H23N3Se/c1-2-3-9-18-14-10-13(11-16-12-14)17-7-4-5-15-6-8-17/h10-12,15H,2-9H2,1H3. The van der Waals surface area contributed by atoms with Crippen LogP contribution in [0.3, 0.4) is 0 Å². The number of unbranched alkanes of at least 4 members (excludes halogenated alkanes) is 1. The Morgan fingerprint density at radius 3 is 3.17 bits per heavy atom. The summed E-state index contributed by atoms with van der Waals surface area (Å²) >= 11 is 0.600. The quantitative estimate of drug-likeness (QED) is 0.658. The van der Waals surface area contributed by atoms with Gasteiger partial charge >= 0.3 is 116 Å². The molecule has 1 aliphatic heterocycles. The van der Waals surface area contributed by atoms with Crippen molar-refractivity contribution in [1.82, 2.24) is 10.3 Å². The molecule has 0 unspecified atom stereocenters. The maximum atomic E-state index is 4.42. The van der Waals surface area contributed by atoms with Crippen molar-refractivity contribution < 1.29 is 0 Å². The van der Waals surface area contributed by atoms with Crippen molar-refractivity contribution in [3.05, 3.63) is 18.5 Å². The summed E-state index contributed by atoms with van der Waals surface area (Å²) < 4.78 is 1.45. The average Bonchev–Trinajstić information content (AvgIpc) is 2.68. The third-order valence-corrected chi connectivity index (χ3v) is 5.37. The Morgan fingerprint density at radius 2 is 2.28 bits per heavy atom. The molecule has 1 N–H and O–H groups in total. The zero-order chi connectivity index (χ0) is 12.6. The Morgan fingerprint density at radius 1 is 1.33 bits per heavy atom. The van der Waals surface area contributed by atoms with Crippen molar-refractivity contribution in [2.45, 2.75) is 31.5 Å². The second-order valence-corrected chi connectivity index (χ2v) is 7.12. The van der Waals surface area contributed by atoms with Gasteiger partial charge in [0.2, 0.25) is 0 Å². The van der Waals surface area contributed by atoms with Gasteiger partial charge in [0, 0.05) is 0 Å². The molecule has 0 bridgehead atoms. The van der Waals surface area contributed by atoms with E-state index in [1.165, 1.54) is 34.7 Å². The molecule has 1 fully saturated rings. The fraction of sp³-hybridized carbons (Fsp3) is 0.643. The summed E-state index contributed by atoms with van der Waals surface area (Å²) in [6, 6.07) is 2.36. The summed E-state index contributed by atoms with van der Waals surface area (Å²) in [5.74, 6) is 0. The molecule has 4 heteroatoms. The first-order chi connectivity index (χ1) is 8.90. The molecule has 0 saturated carbocycles. The van der Waals surface area contributed by atoms with Gasteiger partial charge in [0.05, 0.1) is 0 Å². The van der Waals surface area contributed by atoms with Gasteiger partial charge in [-0.25, -0.2) is 0 Å². The first kappa shape index (κ1) is 13.9. The fourth-order valence-corrected chi connectivity index (χ4v) is 4.21. The van der Waals surface area contributed by atoms with Crippen LogP contribution in [0.2, 0.25) is 5.32 Å². The number of nitrogens with zero attached hydrogens (tertiary/aromatic N) is 2. The molecule has 18 heavy (non-hydrogen) atoms. The SMILES string of the molecule is CCCC[Se]c1cncc(N2CCCNCC2)c1. The summed E-state index contributed by atoms with van der Waals surface area (Å²) in [5.41, 5.74) is 1.31. The molecule has 0 aliphatic carbocycles. The predicted octanol–water partition coefficient (Wildman–Crippen LogP) is 1.43. The van der Waals surface area contributed by atoms with Crippen molar-refractivity contribution in [3.63, 3.8) is 0 Å². The zero-order valence-corrected chi connectivity index (χ0v) is 12.9. The predicted molar refractivity (Wildman–Crippen MR) is 79.0 cm³/mol. The second-order valence-electron chi connectivity index (χ2n) is 4.67. The van der Waals surface area contributed by atoms with E-state index in [-0.39, 0.29) is 0 Å². The van der Waals surface area contributed by atoms with E-state index in [1.54, 1.807) is 0 Å². The van der Waals surface area contributed by atoms with E-state index in [4.69, 9.17) is 0 Å². The Hall–Kier alpha value is -0.571. The van der Waals surface area contributed by atoms with Gasteiger partial charge in [-0.1, -0.05) is 0 Å². The van der Waals surface area contributed by atoms with Crippen molar-refractivity contribution in [1.29, 1.82) is 0 Å². The molecule has 3 nitrogen and oxygen atoms in total. The molecule has 1 aliphatic rings. The average molecular weight is 312 g/mol. The van der Waals surface area contributed by atoms with E-state index in [1.807, 2.05) is 6.20 Å². The number of hydrogen-bond donors (Lipinski definition) is 1. The van der Waals surface area contributed by atoms with E-state index in [0.29, 0.717) is 15.0 Å². The molecule has 0 aromatic carbocycles. The molecule has 2 rings (SSSR count). The molecular formula is C14H23N3Se. The van der Waals surface area contributed by atoms with Gasteiger partial charge in [0.1, 0.15) is 0 Å². The molecule has 1 aromatic heterocycles. The third-order valence-electron chi connectivity index (χ3n) is 3.17. The molecule has 0 radical (unpaired) electrons. The molecule has 1 aromatic rings. The number of aromatic nitrogens is 1. The zero-order valence-electron chi connectivity index (χ0n) is 11.2. The minimum atomic E-state index is 0.600. The number of pyridine rings is 1. The topological polar surface area (TPSA) is 28.2 Å². The summed E-state index contributed by atoms with van der Waals surface area (Å²) in [6.07, 6.45) is 7.94. The van der Waals surface area contributed by atoms with Crippen LogP contribution in [0, 0.1) is 0 Å². The van der Waals surface area contributed by atoms with Gasteiger partial charge in [-0.15, -0.1) is 0 Å². The Labute approximate surface area is 117 Å². The molecule has 100 valence electrons. The molecule has 2 heterocycles. The maximum absolute atomic E-state index is 4.42. The molecule has 0 amide bonds. The molecule has 0 spiro atoms. The summed E-state index contributed by atoms with van der Waals surface area (Å²) in [7, 11) is 0. The Kier molecular flexibility index (Phi) is 5.98. The van der Waals surface area contributed by atoms with Crippen LogP contribution in [0.15, 0.2) is 18.5 Å². The summed E-state index contributed by atoms with van der Waals surface area (Å²) in [4.78, 5) is 6.89. The Bertz CT molecular complexity index is 349. The van der Waals surface area contributed by atoms with Crippen molar-refractivity contribution in [2.24, 2.45) is 0 Å². The van der Waals surface area contributed by atoms with E-state index < -0.39 is 0 Å². The van der Waals surface area contributed by atoms with Crippen LogP contribution in [0.5, 0.6) is 0 Å². The van der Waals surface area contributed by atoms with E-state index in [2.05, 4.69) is 34.4 Å². The summed E-state index contributed by atoms with van der Waals surface area (Å²) in [5, 5.41) is 4.79. The van der Waals surface area contributed by atoms with Crippen molar-refractivity contribution in [3.8, 4) is 0 Å². The normalized spacial score (nSPS) is 16.6. The van der Waals surface area contributed by atoms with Gasteiger partial charge in [-0.3, -0.25) is 0 Å². The number of nitrogens with one attached hydrogen (secondary N) is 1. The van der Waals surface area contributed by atoms with Gasteiger partial charge in [-0.05, 0) is 0 Å². The molecular weight excluding hydrogens is 289 g/mol. The number of rotatable bonds is 5. The van der Waals surface area contributed by atoms with E-state index >= 15 is 0 Å². The van der Waals surface area contributed by atoms with Crippen LogP contribution in [-0.4, -0.2) is 46.1 Å². The molecule has 0 atom stereocenters. The number of hydrogen-bond acceptors (Lipinski definition) is 3. The Balaban J connectivity index is 1.96. The van der Waals surface area contributed by atoms with E-state index in [9.17, 15) is 0 Å². The van der Waals surface area contributed by atoms with Crippen LogP contribution in [0.25, 0.3) is 0 Å². The van der Waals surface area contributed by atoms with Crippen molar-refractivity contribution in [2.75, 3.05) is 31.1 Å². The van der Waals surface area contributed by atoms with Gasteiger partial charge < -0.3 is 0 Å².